The fraction of sp³-hybridized carbons (Fsp3) is 0.500. The molecule has 0 bridgehead atoms. The van der Waals surface area contributed by atoms with Crippen LogP contribution in [0.2, 0.25) is 0 Å². The van der Waals surface area contributed by atoms with Crippen molar-refractivity contribution < 1.29 is 12.8 Å². The van der Waals surface area contributed by atoms with Crippen LogP contribution in [0.5, 0.6) is 0 Å². The average Bonchev–Trinajstić information content (AvgIpc) is 3.14. The first kappa shape index (κ1) is 14.6. The Labute approximate surface area is 117 Å². The van der Waals surface area contributed by atoms with Gasteiger partial charge in [-0.1, -0.05) is 0 Å². The smallest absolute Gasteiger partial charge is 0.240 e. The first-order valence-corrected chi connectivity index (χ1v) is 8.61. The monoisotopic (exact) mass is 304 g/mol. The zero-order chi connectivity index (χ0) is 14.3. The van der Waals surface area contributed by atoms with E-state index in [1.807, 2.05) is 6.26 Å². The van der Waals surface area contributed by atoms with Gasteiger partial charge >= 0.3 is 0 Å². The van der Waals surface area contributed by atoms with Gasteiger partial charge in [-0.05, 0) is 38.2 Å². The first-order valence-electron chi connectivity index (χ1n) is 5.90. The van der Waals surface area contributed by atoms with Crippen molar-refractivity contribution in [3.63, 3.8) is 0 Å². The number of sulfonamides is 1. The molecule has 0 aliphatic heterocycles. The lowest BCUT2D eigenvalue weighted by molar-refractivity contribution is 0.575. The molecule has 3 N–H and O–H groups in total. The summed E-state index contributed by atoms with van der Waals surface area (Å²) in [6.45, 7) is 1.88. The van der Waals surface area contributed by atoms with Crippen molar-refractivity contribution in [1.82, 2.24) is 4.72 Å². The molecule has 1 aliphatic rings. The third-order valence-corrected chi connectivity index (χ3v) is 6.29. The van der Waals surface area contributed by atoms with E-state index in [2.05, 4.69) is 4.72 Å². The predicted octanol–water partition coefficient (Wildman–Crippen LogP) is 1.89. The highest BCUT2D eigenvalue weighted by Crippen LogP contribution is 2.46. The van der Waals surface area contributed by atoms with Gasteiger partial charge in [0.15, 0.2) is 0 Å². The van der Waals surface area contributed by atoms with Gasteiger partial charge in [-0.3, -0.25) is 0 Å². The Bertz CT molecular complexity index is 575. The van der Waals surface area contributed by atoms with Crippen LogP contribution in [0.1, 0.15) is 18.4 Å². The Morgan fingerprint density at radius 3 is 2.58 bits per heavy atom. The number of thioether (sulfide) groups is 1. The average molecular weight is 304 g/mol. The molecule has 1 aliphatic carbocycles. The Morgan fingerprint density at radius 2 is 2.11 bits per heavy atom. The lowest BCUT2D eigenvalue weighted by atomic mass is 10.2. The molecule has 0 saturated heterocycles. The molecule has 1 saturated carbocycles. The molecule has 106 valence electrons. The molecule has 1 fully saturated rings. The topological polar surface area (TPSA) is 72.2 Å². The van der Waals surface area contributed by atoms with E-state index >= 15 is 0 Å². The molecule has 0 radical (unpaired) electrons. The fourth-order valence-electron chi connectivity index (χ4n) is 1.73. The molecule has 0 heterocycles. The minimum absolute atomic E-state index is 0.0157. The maximum Gasteiger partial charge on any atom is 0.240 e. The summed E-state index contributed by atoms with van der Waals surface area (Å²) in [4.78, 5) is -0.120. The van der Waals surface area contributed by atoms with Crippen LogP contribution in [0.15, 0.2) is 17.0 Å². The van der Waals surface area contributed by atoms with E-state index in [1.165, 1.54) is 13.0 Å². The molecule has 0 amide bonds. The fourth-order valence-corrected chi connectivity index (χ4v) is 3.72. The van der Waals surface area contributed by atoms with Gasteiger partial charge in [0.1, 0.15) is 5.82 Å². The molecule has 19 heavy (non-hydrogen) atoms. The van der Waals surface area contributed by atoms with Crippen molar-refractivity contribution in [2.24, 2.45) is 0 Å². The SMILES string of the molecule is CSC1(CNS(=O)(=O)c2cc(N)c(C)c(F)c2)CC1. The van der Waals surface area contributed by atoms with Gasteiger partial charge in [0.25, 0.3) is 0 Å². The number of hydrogen-bond acceptors (Lipinski definition) is 4. The number of nitrogens with one attached hydrogen (secondary N) is 1. The number of benzene rings is 1. The highest BCUT2D eigenvalue weighted by molar-refractivity contribution is 8.00. The Hall–Kier alpha value is -0.790. The van der Waals surface area contributed by atoms with Crippen molar-refractivity contribution in [2.45, 2.75) is 29.4 Å². The molecule has 1 aromatic carbocycles. The summed E-state index contributed by atoms with van der Waals surface area (Å²) in [7, 11) is -3.71. The van der Waals surface area contributed by atoms with Crippen molar-refractivity contribution in [3.05, 3.63) is 23.5 Å². The molecule has 7 heteroatoms. The van der Waals surface area contributed by atoms with E-state index in [0.29, 0.717) is 6.54 Å². The van der Waals surface area contributed by atoms with E-state index in [-0.39, 0.29) is 20.9 Å². The van der Waals surface area contributed by atoms with Crippen molar-refractivity contribution in [2.75, 3.05) is 18.5 Å². The quantitative estimate of drug-likeness (QED) is 0.815. The third-order valence-electron chi connectivity index (χ3n) is 3.49. The molecule has 2 rings (SSSR count). The van der Waals surface area contributed by atoms with Crippen molar-refractivity contribution in [1.29, 1.82) is 0 Å². The summed E-state index contributed by atoms with van der Waals surface area (Å²) in [5.74, 6) is -0.605. The number of hydrogen-bond donors (Lipinski definition) is 2. The van der Waals surface area contributed by atoms with Gasteiger partial charge in [-0.25, -0.2) is 17.5 Å². The Morgan fingerprint density at radius 1 is 1.47 bits per heavy atom. The zero-order valence-electron chi connectivity index (χ0n) is 10.9. The predicted molar refractivity (Wildman–Crippen MR) is 76.2 cm³/mol. The molecular formula is C12H17FN2O2S2. The van der Waals surface area contributed by atoms with Crippen LogP contribution in [0, 0.1) is 12.7 Å². The molecular weight excluding hydrogens is 287 g/mol. The molecule has 0 unspecified atom stereocenters. The summed E-state index contributed by atoms with van der Waals surface area (Å²) < 4.78 is 40.3. The second-order valence-electron chi connectivity index (χ2n) is 4.83. The van der Waals surface area contributed by atoms with Gasteiger partial charge in [0, 0.05) is 22.5 Å². The number of nitrogen functional groups attached to an aromatic ring is 1. The van der Waals surface area contributed by atoms with Gasteiger partial charge < -0.3 is 5.73 Å². The Kier molecular flexibility index (Phi) is 3.81. The molecule has 0 atom stereocenters. The van der Waals surface area contributed by atoms with Gasteiger partial charge in [-0.2, -0.15) is 11.8 Å². The lowest BCUT2D eigenvalue weighted by Gasteiger charge is -2.14. The highest BCUT2D eigenvalue weighted by Gasteiger charge is 2.42. The summed E-state index contributed by atoms with van der Waals surface area (Å²) in [6.07, 6.45) is 3.97. The van der Waals surface area contributed by atoms with Crippen LogP contribution in [0.4, 0.5) is 10.1 Å². The van der Waals surface area contributed by atoms with E-state index in [0.717, 1.165) is 18.9 Å². The minimum Gasteiger partial charge on any atom is -0.398 e. The van der Waals surface area contributed by atoms with Crippen LogP contribution in [-0.2, 0) is 10.0 Å². The summed E-state index contributed by atoms with van der Waals surface area (Å²) in [5.41, 5.74) is 6.01. The van der Waals surface area contributed by atoms with Gasteiger partial charge in [0.05, 0.1) is 4.90 Å². The molecule has 0 aromatic heterocycles. The van der Waals surface area contributed by atoms with E-state index in [9.17, 15) is 12.8 Å². The normalized spacial score (nSPS) is 17.4. The lowest BCUT2D eigenvalue weighted by Crippen LogP contribution is -2.31. The largest absolute Gasteiger partial charge is 0.398 e. The highest BCUT2D eigenvalue weighted by atomic mass is 32.2. The van der Waals surface area contributed by atoms with Gasteiger partial charge in [-0.15, -0.1) is 0 Å². The van der Waals surface area contributed by atoms with Crippen molar-refractivity contribution >= 4 is 27.5 Å². The van der Waals surface area contributed by atoms with E-state index < -0.39 is 15.8 Å². The van der Waals surface area contributed by atoms with E-state index in [4.69, 9.17) is 5.73 Å². The summed E-state index contributed by atoms with van der Waals surface area (Å²) in [5, 5.41) is 0. The maximum atomic E-state index is 13.5. The van der Waals surface area contributed by atoms with Crippen molar-refractivity contribution in [3.8, 4) is 0 Å². The number of rotatable bonds is 5. The van der Waals surface area contributed by atoms with E-state index in [1.54, 1.807) is 11.8 Å². The number of anilines is 1. The van der Waals surface area contributed by atoms with Crippen LogP contribution in [-0.4, -0.2) is 26.0 Å². The van der Waals surface area contributed by atoms with Crippen LogP contribution >= 0.6 is 11.8 Å². The molecule has 4 nitrogen and oxygen atoms in total. The molecule has 1 aromatic rings. The summed E-state index contributed by atoms with van der Waals surface area (Å²) in [6, 6.07) is 2.30. The Balaban J connectivity index is 2.20. The number of nitrogens with two attached hydrogens (primary N) is 1. The maximum absolute atomic E-state index is 13.5. The first-order chi connectivity index (χ1) is 8.80. The number of halogens is 1. The van der Waals surface area contributed by atoms with Crippen LogP contribution in [0.25, 0.3) is 0 Å². The van der Waals surface area contributed by atoms with Crippen LogP contribution < -0.4 is 10.5 Å². The summed E-state index contributed by atoms with van der Waals surface area (Å²) >= 11 is 1.66. The second-order valence-corrected chi connectivity index (χ2v) is 7.87. The second kappa shape index (κ2) is 4.96. The molecule has 0 spiro atoms. The van der Waals surface area contributed by atoms with Gasteiger partial charge in [0.2, 0.25) is 10.0 Å². The third kappa shape index (κ3) is 3.04. The van der Waals surface area contributed by atoms with Crippen LogP contribution in [0.3, 0.4) is 0 Å². The minimum atomic E-state index is -3.71. The zero-order valence-corrected chi connectivity index (χ0v) is 12.5. The standard InChI is InChI=1S/C12H17FN2O2S2/c1-8-10(13)5-9(6-11(8)14)19(16,17)15-7-12(18-2)3-4-12/h5-6,15H,3-4,7,14H2,1-2H3.